The van der Waals surface area contributed by atoms with Gasteiger partial charge in [0.15, 0.2) is 0 Å². The average Bonchev–Trinajstić information content (AvgIpc) is 2.90. The minimum atomic E-state index is -0.358. The first-order chi connectivity index (χ1) is 12.7. The number of hydrogen-bond acceptors (Lipinski definition) is 3. The maximum Gasteiger partial charge on any atom is 0.315 e. The predicted octanol–water partition coefficient (Wildman–Crippen LogP) is 4.54. The number of carbonyl (C=O) groups is 1. The highest BCUT2D eigenvalue weighted by Crippen LogP contribution is 2.20. The van der Waals surface area contributed by atoms with Crippen molar-refractivity contribution in [2.24, 2.45) is 0 Å². The number of rotatable bonds is 5. The number of hydrogen-bond donors (Lipinski definition) is 2. The summed E-state index contributed by atoms with van der Waals surface area (Å²) in [5.74, 6) is 0.413. The number of ether oxygens (including phenoxy) is 1. The third-order valence-corrected chi connectivity index (χ3v) is 4.46. The zero-order valence-corrected chi connectivity index (χ0v) is 14.7. The molecule has 5 nitrogen and oxygen atoms in total. The van der Waals surface area contributed by atoms with Gasteiger partial charge in [0.05, 0.1) is 0 Å². The lowest BCUT2D eigenvalue weighted by molar-refractivity contribution is 0.235. The molecule has 1 aromatic heterocycles. The second kappa shape index (κ2) is 9.17. The molecule has 138 valence electrons. The number of pyridine rings is 1. The quantitative estimate of drug-likeness (QED) is 0.773. The molecule has 3 rings (SSSR count). The van der Waals surface area contributed by atoms with Gasteiger partial charge in [-0.05, 0) is 30.5 Å². The number of carbonyl (C=O) groups excluding carboxylic acids is 1. The SMILES string of the molecule is O=C(NCc1ccc(Oc2cccc(F)c2)nc1)NC1CCCCCC1. The van der Waals surface area contributed by atoms with Gasteiger partial charge >= 0.3 is 6.03 Å². The van der Waals surface area contributed by atoms with Crippen LogP contribution in [0.4, 0.5) is 9.18 Å². The molecule has 1 heterocycles. The maximum absolute atomic E-state index is 13.2. The number of urea groups is 1. The molecule has 0 radical (unpaired) electrons. The third-order valence-electron chi connectivity index (χ3n) is 4.46. The van der Waals surface area contributed by atoms with E-state index in [4.69, 9.17) is 4.74 Å². The van der Waals surface area contributed by atoms with Gasteiger partial charge in [-0.3, -0.25) is 0 Å². The number of benzene rings is 1. The van der Waals surface area contributed by atoms with Gasteiger partial charge in [-0.2, -0.15) is 0 Å². The van der Waals surface area contributed by atoms with Gasteiger partial charge < -0.3 is 15.4 Å². The van der Waals surface area contributed by atoms with Gasteiger partial charge in [-0.1, -0.05) is 37.8 Å². The van der Waals surface area contributed by atoms with Crippen molar-refractivity contribution >= 4 is 6.03 Å². The van der Waals surface area contributed by atoms with E-state index in [1.807, 2.05) is 6.07 Å². The molecule has 2 N–H and O–H groups in total. The van der Waals surface area contributed by atoms with Crippen LogP contribution in [0.25, 0.3) is 0 Å². The largest absolute Gasteiger partial charge is 0.439 e. The van der Waals surface area contributed by atoms with E-state index in [0.717, 1.165) is 18.4 Å². The minimum Gasteiger partial charge on any atom is -0.439 e. The second-order valence-corrected chi connectivity index (χ2v) is 6.58. The van der Waals surface area contributed by atoms with Crippen LogP contribution in [0.3, 0.4) is 0 Å². The topological polar surface area (TPSA) is 63.2 Å². The van der Waals surface area contributed by atoms with Crippen molar-refractivity contribution in [2.45, 2.75) is 51.1 Å². The maximum atomic E-state index is 13.2. The molecular weight excluding hydrogens is 333 g/mol. The van der Waals surface area contributed by atoms with E-state index in [2.05, 4.69) is 15.6 Å². The van der Waals surface area contributed by atoms with Crippen molar-refractivity contribution in [3.05, 3.63) is 54.0 Å². The summed E-state index contributed by atoms with van der Waals surface area (Å²) in [6.45, 7) is 0.395. The second-order valence-electron chi connectivity index (χ2n) is 6.58. The van der Waals surface area contributed by atoms with Gasteiger partial charge in [0.25, 0.3) is 0 Å². The first-order valence-corrected chi connectivity index (χ1v) is 9.12. The predicted molar refractivity (Wildman–Crippen MR) is 97.6 cm³/mol. The van der Waals surface area contributed by atoms with Gasteiger partial charge in [-0.15, -0.1) is 0 Å². The van der Waals surface area contributed by atoms with Gasteiger partial charge in [0.2, 0.25) is 5.88 Å². The first kappa shape index (κ1) is 18.2. The van der Waals surface area contributed by atoms with Crippen molar-refractivity contribution in [1.82, 2.24) is 15.6 Å². The van der Waals surface area contributed by atoms with E-state index in [1.165, 1.54) is 37.8 Å². The normalized spacial score (nSPS) is 15.1. The van der Waals surface area contributed by atoms with Gasteiger partial charge in [0, 0.05) is 30.9 Å². The Morgan fingerprint density at radius 3 is 2.65 bits per heavy atom. The Hall–Kier alpha value is -2.63. The lowest BCUT2D eigenvalue weighted by Crippen LogP contribution is -2.41. The number of nitrogens with one attached hydrogen (secondary N) is 2. The molecular formula is C20H24FN3O2. The molecule has 0 spiro atoms. The van der Waals surface area contributed by atoms with Crippen LogP contribution >= 0.6 is 0 Å². The summed E-state index contributed by atoms with van der Waals surface area (Å²) in [6, 6.07) is 9.56. The van der Waals surface area contributed by atoms with Gasteiger partial charge in [0.1, 0.15) is 11.6 Å². The fraction of sp³-hybridized carbons (Fsp3) is 0.400. The molecule has 1 aromatic carbocycles. The van der Waals surface area contributed by atoms with Gasteiger partial charge in [-0.25, -0.2) is 14.2 Å². The summed E-state index contributed by atoms with van der Waals surface area (Å²) in [4.78, 5) is 16.2. The summed E-state index contributed by atoms with van der Waals surface area (Å²) in [5.41, 5.74) is 0.868. The Morgan fingerprint density at radius 2 is 1.96 bits per heavy atom. The van der Waals surface area contributed by atoms with E-state index in [0.29, 0.717) is 18.2 Å². The van der Waals surface area contributed by atoms with Crippen LogP contribution in [0.15, 0.2) is 42.6 Å². The van der Waals surface area contributed by atoms with Crippen molar-refractivity contribution in [2.75, 3.05) is 0 Å². The molecule has 0 aliphatic heterocycles. The lowest BCUT2D eigenvalue weighted by Gasteiger charge is -2.16. The number of nitrogens with zero attached hydrogens (tertiary/aromatic N) is 1. The monoisotopic (exact) mass is 357 g/mol. The standard InChI is InChI=1S/C20H24FN3O2/c21-16-6-5-9-18(12-16)26-19-11-10-15(13-22-19)14-23-20(25)24-17-7-3-1-2-4-8-17/h5-6,9-13,17H,1-4,7-8,14H2,(H2,23,24,25). The summed E-state index contributed by atoms with van der Waals surface area (Å²) in [5, 5.41) is 5.91. The molecule has 0 atom stereocenters. The molecule has 1 aliphatic carbocycles. The summed E-state index contributed by atoms with van der Waals surface area (Å²) in [6.07, 6.45) is 8.64. The number of halogens is 1. The van der Waals surface area contributed by atoms with Crippen LogP contribution in [-0.4, -0.2) is 17.1 Å². The Labute approximate surface area is 153 Å². The van der Waals surface area contributed by atoms with E-state index in [9.17, 15) is 9.18 Å². The minimum absolute atomic E-state index is 0.142. The van der Waals surface area contributed by atoms with Crippen molar-refractivity contribution < 1.29 is 13.9 Å². The summed E-state index contributed by atoms with van der Waals surface area (Å²) in [7, 11) is 0. The molecule has 0 saturated heterocycles. The Morgan fingerprint density at radius 1 is 1.15 bits per heavy atom. The molecule has 2 amide bonds. The Kier molecular flexibility index (Phi) is 6.41. The average molecular weight is 357 g/mol. The van der Waals surface area contributed by atoms with E-state index < -0.39 is 0 Å². The molecule has 0 bridgehead atoms. The lowest BCUT2D eigenvalue weighted by atomic mass is 10.1. The number of aromatic nitrogens is 1. The molecule has 26 heavy (non-hydrogen) atoms. The molecule has 1 aliphatic rings. The van der Waals surface area contributed by atoms with Crippen LogP contribution in [0.2, 0.25) is 0 Å². The van der Waals surface area contributed by atoms with Crippen LogP contribution in [0.1, 0.15) is 44.1 Å². The smallest absolute Gasteiger partial charge is 0.315 e. The fourth-order valence-corrected chi connectivity index (χ4v) is 3.07. The highest BCUT2D eigenvalue weighted by molar-refractivity contribution is 5.74. The summed E-state index contributed by atoms with van der Waals surface area (Å²) >= 11 is 0. The van der Waals surface area contributed by atoms with Crippen LogP contribution in [0, 0.1) is 5.82 Å². The van der Waals surface area contributed by atoms with E-state index >= 15 is 0 Å². The van der Waals surface area contributed by atoms with Crippen molar-refractivity contribution in [1.29, 1.82) is 0 Å². The zero-order valence-electron chi connectivity index (χ0n) is 14.7. The Balaban J connectivity index is 1.45. The highest BCUT2D eigenvalue weighted by Gasteiger charge is 2.14. The van der Waals surface area contributed by atoms with E-state index in [-0.39, 0.29) is 17.9 Å². The molecule has 1 fully saturated rings. The molecule has 0 unspecified atom stereocenters. The Bertz CT molecular complexity index is 713. The van der Waals surface area contributed by atoms with Crippen molar-refractivity contribution in [3.63, 3.8) is 0 Å². The molecule has 6 heteroatoms. The highest BCUT2D eigenvalue weighted by atomic mass is 19.1. The fourth-order valence-electron chi connectivity index (χ4n) is 3.07. The third kappa shape index (κ3) is 5.72. The molecule has 2 aromatic rings. The zero-order chi connectivity index (χ0) is 18.2. The van der Waals surface area contributed by atoms with Crippen LogP contribution in [0.5, 0.6) is 11.6 Å². The number of amides is 2. The summed E-state index contributed by atoms with van der Waals surface area (Å²) < 4.78 is 18.7. The van der Waals surface area contributed by atoms with E-state index in [1.54, 1.807) is 24.4 Å². The molecule has 1 saturated carbocycles. The van der Waals surface area contributed by atoms with Crippen molar-refractivity contribution in [3.8, 4) is 11.6 Å². The van der Waals surface area contributed by atoms with Crippen LogP contribution < -0.4 is 15.4 Å². The first-order valence-electron chi connectivity index (χ1n) is 9.12. The van der Waals surface area contributed by atoms with Crippen LogP contribution in [-0.2, 0) is 6.54 Å².